The molecule has 1 aromatic carbocycles. The van der Waals surface area contributed by atoms with Crippen LogP contribution in [0.2, 0.25) is 0 Å². The van der Waals surface area contributed by atoms with Crippen molar-refractivity contribution in [2.45, 2.75) is 26.2 Å². The molecule has 30 heavy (non-hydrogen) atoms. The largest absolute Gasteiger partial charge is 0.462 e. The first-order valence-electron chi connectivity index (χ1n) is 9.62. The highest BCUT2D eigenvalue weighted by Gasteiger charge is 2.63. The zero-order chi connectivity index (χ0) is 22.1. The Morgan fingerprint density at radius 1 is 1.17 bits per heavy atom. The summed E-state index contributed by atoms with van der Waals surface area (Å²) in [4.78, 5) is 41.1. The van der Waals surface area contributed by atoms with Crippen molar-refractivity contribution in [2.75, 3.05) is 24.7 Å². The molecule has 0 amide bonds. The number of hydrogen-bond acceptors (Lipinski definition) is 8. The van der Waals surface area contributed by atoms with Crippen molar-refractivity contribution in [3.05, 3.63) is 65.2 Å². The fourth-order valence-corrected chi connectivity index (χ4v) is 4.01. The minimum absolute atomic E-state index is 0.0134. The third-order valence-corrected chi connectivity index (χ3v) is 5.07. The van der Waals surface area contributed by atoms with Gasteiger partial charge in [-0.2, -0.15) is 0 Å². The Labute approximate surface area is 174 Å². The van der Waals surface area contributed by atoms with Crippen LogP contribution in [0.5, 0.6) is 0 Å². The maximum atomic E-state index is 13.4. The summed E-state index contributed by atoms with van der Waals surface area (Å²) in [6.45, 7) is 8.92. The number of hydrogen-bond donors (Lipinski definition) is 1. The second kappa shape index (κ2) is 8.06. The lowest BCUT2D eigenvalue weighted by molar-refractivity contribution is -0.147. The summed E-state index contributed by atoms with van der Waals surface area (Å²) in [6.07, 6.45) is 1.62. The summed E-state index contributed by atoms with van der Waals surface area (Å²) in [7, 11) is 0. The lowest BCUT2D eigenvalue weighted by atomic mass is 9.66. The Morgan fingerprint density at radius 2 is 1.77 bits per heavy atom. The van der Waals surface area contributed by atoms with Gasteiger partial charge in [-0.1, -0.05) is 24.3 Å². The number of allylic oxidation sites excluding steroid dienone is 1. The van der Waals surface area contributed by atoms with E-state index in [4.69, 9.17) is 19.9 Å². The monoisotopic (exact) mass is 412 g/mol. The summed E-state index contributed by atoms with van der Waals surface area (Å²) in [5.74, 6) is -2.34. The Hall–Kier alpha value is -3.55. The maximum Gasteiger partial charge on any atom is 0.339 e. The Kier molecular flexibility index (Phi) is 5.69. The van der Waals surface area contributed by atoms with Crippen LogP contribution >= 0.6 is 0 Å². The van der Waals surface area contributed by atoms with E-state index in [0.29, 0.717) is 11.3 Å². The number of anilines is 1. The number of nitrogens with zero attached hydrogens (tertiary/aromatic N) is 1. The summed E-state index contributed by atoms with van der Waals surface area (Å²) in [6, 6.07) is 6.89. The van der Waals surface area contributed by atoms with Crippen molar-refractivity contribution in [2.24, 2.45) is 5.73 Å². The maximum absolute atomic E-state index is 13.4. The molecular formula is C22H24N2O6. The summed E-state index contributed by atoms with van der Waals surface area (Å²) in [5, 5.41) is 0. The lowest BCUT2D eigenvalue weighted by Crippen LogP contribution is -2.50. The number of fused-ring (bicyclic) bond motifs is 2. The smallest absolute Gasteiger partial charge is 0.339 e. The van der Waals surface area contributed by atoms with Gasteiger partial charge in [0.25, 0.3) is 0 Å². The first kappa shape index (κ1) is 21.2. The van der Waals surface area contributed by atoms with Gasteiger partial charge in [-0.05, 0) is 26.8 Å². The topological polar surface area (TPSA) is 108 Å². The summed E-state index contributed by atoms with van der Waals surface area (Å²) < 4.78 is 15.8. The van der Waals surface area contributed by atoms with Crippen LogP contribution in [0.25, 0.3) is 0 Å². The zero-order valence-corrected chi connectivity index (χ0v) is 17.2. The third kappa shape index (κ3) is 2.87. The van der Waals surface area contributed by atoms with Crippen LogP contribution in [0.15, 0.2) is 59.6 Å². The molecule has 2 aliphatic heterocycles. The molecule has 1 atom stereocenters. The van der Waals surface area contributed by atoms with E-state index in [2.05, 4.69) is 6.58 Å². The van der Waals surface area contributed by atoms with Gasteiger partial charge in [0.05, 0.1) is 13.2 Å². The van der Waals surface area contributed by atoms with Crippen LogP contribution in [-0.4, -0.2) is 37.7 Å². The molecule has 3 rings (SSSR count). The molecule has 158 valence electrons. The van der Waals surface area contributed by atoms with Crippen LogP contribution in [-0.2, 0) is 34.0 Å². The number of para-hydroxylation sites is 1. The zero-order valence-electron chi connectivity index (χ0n) is 17.2. The minimum Gasteiger partial charge on any atom is -0.462 e. The van der Waals surface area contributed by atoms with Gasteiger partial charge in [-0.15, -0.1) is 6.58 Å². The molecule has 2 heterocycles. The normalized spacial score (nSPS) is 20.2. The van der Waals surface area contributed by atoms with Crippen molar-refractivity contribution in [1.29, 1.82) is 0 Å². The molecule has 0 unspecified atom stereocenters. The molecule has 2 N–H and O–H groups in total. The van der Waals surface area contributed by atoms with E-state index in [1.807, 2.05) is 0 Å². The molecule has 8 heteroatoms. The highest BCUT2D eigenvalue weighted by atomic mass is 16.6. The van der Waals surface area contributed by atoms with Crippen molar-refractivity contribution in [1.82, 2.24) is 0 Å². The fraction of sp³-hybridized carbons (Fsp3) is 0.318. The summed E-state index contributed by atoms with van der Waals surface area (Å²) >= 11 is 0. The van der Waals surface area contributed by atoms with Gasteiger partial charge in [0, 0.05) is 17.8 Å². The first-order chi connectivity index (χ1) is 14.4. The fourth-order valence-electron chi connectivity index (χ4n) is 4.01. The molecule has 0 saturated carbocycles. The quantitative estimate of drug-likeness (QED) is 0.430. The van der Waals surface area contributed by atoms with Gasteiger partial charge in [0.2, 0.25) is 0 Å². The van der Waals surface area contributed by atoms with Crippen molar-refractivity contribution >= 4 is 23.6 Å². The molecule has 0 bridgehead atoms. The van der Waals surface area contributed by atoms with Gasteiger partial charge in [-0.3, -0.25) is 0 Å². The lowest BCUT2D eigenvalue weighted by Gasteiger charge is -2.40. The SMILES string of the molecule is C=CCN1C(N)=C(C(=O)OCC)[C@@]2(C(=O)OC(C)=C2C(=O)OCC)c2ccccc21. The van der Waals surface area contributed by atoms with Gasteiger partial charge < -0.3 is 24.8 Å². The number of ether oxygens (including phenoxy) is 3. The number of cyclic esters (lactones) is 1. The standard InChI is InChI=1S/C22H24N2O6/c1-5-12-24-15-11-9-8-10-14(15)22(17(18(24)23)20(26)29-7-3)16(19(25)28-6-2)13(4)30-21(22)27/h5,8-11H,1,6-7,12,23H2,2-4H3/t22-/m1/s1. The van der Waals surface area contributed by atoms with Gasteiger partial charge >= 0.3 is 17.9 Å². The molecule has 0 radical (unpaired) electrons. The third-order valence-electron chi connectivity index (χ3n) is 5.07. The van der Waals surface area contributed by atoms with Gasteiger partial charge in [0.1, 0.15) is 22.7 Å². The van der Waals surface area contributed by atoms with Crippen LogP contribution in [0, 0.1) is 0 Å². The second-order valence-corrected chi connectivity index (χ2v) is 6.69. The van der Waals surface area contributed by atoms with E-state index in [-0.39, 0.29) is 42.5 Å². The van der Waals surface area contributed by atoms with E-state index in [1.165, 1.54) is 6.92 Å². The average Bonchev–Trinajstić information content (AvgIpc) is 2.96. The Bertz CT molecular complexity index is 993. The number of nitrogens with two attached hydrogens (primary N) is 1. The number of carbonyl (C=O) groups excluding carboxylic acids is 3. The van der Waals surface area contributed by atoms with Crippen LogP contribution in [0.1, 0.15) is 26.3 Å². The van der Waals surface area contributed by atoms with Crippen molar-refractivity contribution < 1.29 is 28.6 Å². The van der Waals surface area contributed by atoms with Gasteiger partial charge in [-0.25, -0.2) is 14.4 Å². The van der Waals surface area contributed by atoms with E-state index in [0.717, 1.165) is 0 Å². The molecule has 2 aliphatic rings. The number of carbonyl (C=O) groups is 3. The second-order valence-electron chi connectivity index (χ2n) is 6.69. The average molecular weight is 412 g/mol. The highest BCUT2D eigenvalue weighted by molar-refractivity contribution is 6.16. The number of rotatable bonds is 6. The molecule has 0 saturated heterocycles. The Morgan fingerprint density at radius 3 is 2.37 bits per heavy atom. The van der Waals surface area contributed by atoms with E-state index < -0.39 is 23.3 Å². The Balaban J connectivity index is 2.44. The predicted octanol–water partition coefficient (Wildman–Crippen LogP) is 2.06. The van der Waals surface area contributed by atoms with Crippen molar-refractivity contribution in [3.8, 4) is 0 Å². The van der Waals surface area contributed by atoms with E-state index in [9.17, 15) is 14.4 Å². The van der Waals surface area contributed by atoms with Crippen LogP contribution < -0.4 is 10.6 Å². The summed E-state index contributed by atoms with van der Waals surface area (Å²) in [5.41, 5.74) is 5.23. The molecule has 0 aromatic heterocycles. The number of esters is 3. The van der Waals surface area contributed by atoms with Gasteiger partial charge in [0.15, 0.2) is 5.41 Å². The first-order valence-corrected chi connectivity index (χ1v) is 9.62. The molecule has 1 spiro atoms. The molecular weight excluding hydrogens is 388 g/mol. The minimum atomic E-state index is -1.89. The molecule has 0 fully saturated rings. The van der Waals surface area contributed by atoms with Crippen molar-refractivity contribution in [3.63, 3.8) is 0 Å². The van der Waals surface area contributed by atoms with E-state index in [1.54, 1.807) is 49.1 Å². The van der Waals surface area contributed by atoms with Crippen LogP contribution in [0.3, 0.4) is 0 Å². The highest BCUT2D eigenvalue weighted by Crippen LogP contribution is 2.54. The number of benzene rings is 1. The van der Waals surface area contributed by atoms with Crippen LogP contribution in [0.4, 0.5) is 5.69 Å². The van der Waals surface area contributed by atoms with E-state index >= 15 is 0 Å². The molecule has 8 nitrogen and oxygen atoms in total. The molecule has 0 aliphatic carbocycles. The molecule has 1 aromatic rings. The predicted molar refractivity (Wildman–Crippen MR) is 109 cm³/mol.